The molecule has 0 aromatic heterocycles. The maximum atomic E-state index is 11.4. The van der Waals surface area contributed by atoms with Crippen LogP contribution in [-0.4, -0.2) is 23.7 Å². The van der Waals surface area contributed by atoms with Gasteiger partial charge < -0.3 is 9.84 Å². The van der Waals surface area contributed by atoms with E-state index in [0.717, 1.165) is 0 Å². The third kappa shape index (κ3) is 2.34. The quantitative estimate of drug-likeness (QED) is 0.547. The van der Waals surface area contributed by atoms with E-state index in [9.17, 15) is 9.59 Å². The van der Waals surface area contributed by atoms with Gasteiger partial charge in [0.1, 0.15) is 0 Å². The van der Waals surface area contributed by atoms with Crippen LogP contribution in [0.2, 0.25) is 0 Å². The van der Waals surface area contributed by atoms with Gasteiger partial charge in [0.05, 0.1) is 18.4 Å². The highest BCUT2D eigenvalue weighted by Gasteiger charge is 2.34. The summed E-state index contributed by atoms with van der Waals surface area (Å²) in [6, 6.07) is 0. The number of hydrogen-bond acceptors (Lipinski definition) is 3. The Morgan fingerprint density at radius 2 is 1.93 bits per heavy atom. The van der Waals surface area contributed by atoms with E-state index in [2.05, 4.69) is 0 Å². The van der Waals surface area contributed by atoms with Crippen LogP contribution in [0.5, 0.6) is 0 Å². The van der Waals surface area contributed by atoms with Crippen molar-refractivity contribution in [2.45, 2.75) is 19.8 Å². The van der Waals surface area contributed by atoms with Crippen LogP contribution < -0.4 is 0 Å². The van der Waals surface area contributed by atoms with Crippen LogP contribution in [-0.2, 0) is 14.3 Å². The minimum atomic E-state index is -0.924. The van der Waals surface area contributed by atoms with Crippen molar-refractivity contribution in [3.63, 3.8) is 0 Å². The van der Waals surface area contributed by atoms with Gasteiger partial charge in [-0.15, -0.1) is 0 Å². The lowest BCUT2D eigenvalue weighted by Crippen LogP contribution is -2.32. The van der Waals surface area contributed by atoms with Gasteiger partial charge in [-0.1, -0.05) is 12.2 Å². The van der Waals surface area contributed by atoms with Crippen molar-refractivity contribution in [1.82, 2.24) is 0 Å². The van der Waals surface area contributed by atoms with Crippen molar-refractivity contribution in [1.29, 1.82) is 0 Å². The molecule has 78 valence electrons. The van der Waals surface area contributed by atoms with Gasteiger partial charge in [0.25, 0.3) is 0 Å². The predicted molar refractivity (Wildman–Crippen MR) is 49.6 cm³/mol. The number of ether oxygens (including phenoxy) is 1. The first kappa shape index (κ1) is 10.8. The second kappa shape index (κ2) is 4.79. The van der Waals surface area contributed by atoms with Crippen LogP contribution in [0, 0.1) is 11.8 Å². The van der Waals surface area contributed by atoms with Crippen molar-refractivity contribution in [3.8, 4) is 0 Å². The molecule has 0 aliphatic heterocycles. The van der Waals surface area contributed by atoms with E-state index < -0.39 is 23.8 Å². The Kier molecular flexibility index (Phi) is 3.68. The number of allylic oxidation sites excluding steroid dienone is 2. The molecule has 4 nitrogen and oxygen atoms in total. The average Bonchev–Trinajstić information content (AvgIpc) is 2.18. The van der Waals surface area contributed by atoms with Gasteiger partial charge in [-0.05, 0) is 19.8 Å². The molecule has 0 amide bonds. The maximum absolute atomic E-state index is 11.4. The number of carboxylic acids is 1. The molecule has 0 fully saturated rings. The molecule has 0 radical (unpaired) electrons. The SMILES string of the molecule is CCOC(=O)[C@@H]1CC=CC[C@@H]1C(=O)O. The molecule has 0 saturated carbocycles. The predicted octanol–water partition coefficient (Wildman–Crippen LogP) is 1.22. The lowest BCUT2D eigenvalue weighted by molar-refractivity contribution is -0.157. The highest BCUT2D eigenvalue weighted by atomic mass is 16.5. The number of rotatable bonds is 3. The van der Waals surface area contributed by atoms with Crippen molar-refractivity contribution in [2.24, 2.45) is 11.8 Å². The Morgan fingerprint density at radius 1 is 1.36 bits per heavy atom. The van der Waals surface area contributed by atoms with E-state index in [4.69, 9.17) is 9.84 Å². The molecule has 1 aliphatic carbocycles. The van der Waals surface area contributed by atoms with Gasteiger partial charge >= 0.3 is 11.9 Å². The molecule has 2 atom stereocenters. The molecule has 0 aromatic rings. The second-order valence-corrected chi connectivity index (χ2v) is 3.25. The zero-order valence-corrected chi connectivity index (χ0v) is 8.10. The van der Waals surface area contributed by atoms with Gasteiger partial charge in [-0.2, -0.15) is 0 Å². The smallest absolute Gasteiger partial charge is 0.310 e. The standard InChI is InChI=1S/C10H14O4/c1-2-14-10(13)8-6-4-3-5-7(8)9(11)12/h3-4,7-8H,2,5-6H2,1H3,(H,11,12)/t7-,8+/m0/s1. The molecule has 1 N–H and O–H groups in total. The number of esters is 1. The Morgan fingerprint density at radius 3 is 2.43 bits per heavy atom. The summed E-state index contributed by atoms with van der Waals surface area (Å²) in [4.78, 5) is 22.2. The third-order valence-electron chi connectivity index (χ3n) is 2.34. The highest BCUT2D eigenvalue weighted by Crippen LogP contribution is 2.26. The lowest BCUT2D eigenvalue weighted by atomic mass is 9.83. The van der Waals surface area contributed by atoms with Gasteiger partial charge in [0.15, 0.2) is 0 Å². The fourth-order valence-electron chi connectivity index (χ4n) is 1.60. The summed E-state index contributed by atoms with van der Waals surface area (Å²) >= 11 is 0. The largest absolute Gasteiger partial charge is 0.481 e. The van der Waals surface area contributed by atoms with Crippen molar-refractivity contribution >= 4 is 11.9 Å². The molecule has 0 bridgehead atoms. The van der Waals surface area contributed by atoms with Crippen molar-refractivity contribution in [2.75, 3.05) is 6.61 Å². The van der Waals surface area contributed by atoms with Crippen LogP contribution in [0.1, 0.15) is 19.8 Å². The minimum absolute atomic E-state index is 0.297. The van der Waals surface area contributed by atoms with Gasteiger partial charge in [-0.3, -0.25) is 9.59 Å². The van der Waals surface area contributed by atoms with Gasteiger partial charge in [-0.25, -0.2) is 0 Å². The Balaban J connectivity index is 2.69. The average molecular weight is 198 g/mol. The molecule has 0 aromatic carbocycles. The van der Waals surface area contributed by atoms with E-state index in [1.54, 1.807) is 13.0 Å². The topological polar surface area (TPSA) is 63.6 Å². The normalized spacial score (nSPS) is 25.8. The van der Waals surface area contributed by atoms with Crippen LogP contribution in [0.25, 0.3) is 0 Å². The fraction of sp³-hybridized carbons (Fsp3) is 0.600. The zero-order chi connectivity index (χ0) is 10.6. The van der Waals surface area contributed by atoms with E-state index in [1.807, 2.05) is 6.08 Å². The van der Waals surface area contributed by atoms with Gasteiger partial charge in [0.2, 0.25) is 0 Å². The second-order valence-electron chi connectivity index (χ2n) is 3.25. The molecule has 14 heavy (non-hydrogen) atoms. The number of carbonyl (C=O) groups is 2. The molecule has 0 spiro atoms. The molecule has 0 unspecified atom stereocenters. The molecular formula is C10H14O4. The zero-order valence-electron chi connectivity index (χ0n) is 8.10. The van der Waals surface area contributed by atoms with Crippen LogP contribution >= 0.6 is 0 Å². The van der Waals surface area contributed by atoms with Crippen molar-refractivity contribution < 1.29 is 19.4 Å². The Labute approximate surface area is 82.6 Å². The van der Waals surface area contributed by atoms with E-state index in [0.29, 0.717) is 19.4 Å². The monoisotopic (exact) mass is 198 g/mol. The third-order valence-corrected chi connectivity index (χ3v) is 2.34. The Bertz CT molecular complexity index is 257. The van der Waals surface area contributed by atoms with Gasteiger partial charge in [0, 0.05) is 0 Å². The summed E-state index contributed by atoms with van der Waals surface area (Å²) in [6.07, 6.45) is 4.52. The molecule has 1 aliphatic rings. The van der Waals surface area contributed by atoms with Crippen LogP contribution in [0.15, 0.2) is 12.2 Å². The summed E-state index contributed by atoms with van der Waals surface area (Å²) < 4.78 is 4.83. The minimum Gasteiger partial charge on any atom is -0.481 e. The molecule has 0 saturated heterocycles. The summed E-state index contributed by atoms with van der Waals surface area (Å²) in [5.41, 5.74) is 0. The van der Waals surface area contributed by atoms with E-state index in [1.165, 1.54) is 0 Å². The fourth-order valence-corrected chi connectivity index (χ4v) is 1.60. The van der Waals surface area contributed by atoms with Crippen molar-refractivity contribution in [3.05, 3.63) is 12.2 Å². The Hall–Kier alpha value is -1.32. The summed E-state index contributed by atoms with van der Waals surface area (Å²) in [6.45, 7) is 2.01. The first-order valence-electron chi connectivity index (χ1n) is 4.71. The number of carbonyl (C=O) groups excluding carboxylic acids is 1. The van der Waals surface area contributed by atoms with Crippen LogP contribution in [0.4, 0.5) is 0 Å². The van der Waals surface area contributed by atoms with E-state index >= 15 is 0 Å². The molecule has 4 heteroatoms. The number of aliphatic carboxylic acids is 1. The maximum Gasteiger partial charge on any atom is 0.310 e. The van der Waals surface area contributed by atoms with Crippen LogP contribution in [0.3, 0.4) is 0 Å². The summed E-state index contributed by atoms with van der Waals surface area (Å²) in [5.74, 6) is -2.46. The summed E-state index contributed by atoms with van der Waals surface area (Å²) in [5, 5.41) is 8.88. The summed E-state index contributed by atoms with van der Waals surface area (Å²) in [7, 11) is 0. The molecule has 1 rings (SSSR count). The molecule has 0 heterocycles. The van der Waals surface area contributed by atoms with E-state index in [-0.39, 0.29) is 0 Å². The lowest BCUT2D eigenvalue weighted by Gasteiger charge is -2.22. The highest BCUT2D eigenvalue weighted by molar-refractivity contribution is 5.81. The first-order valence-corrected chi connectivity index (χ1v) is 4.71. The molecular weight excluding hydrogens is 184 g/mol. The first-order chi connectivity index (χ1) is 6.66. The number of carboxylic acid groups (broad SMARTS) is 1. The number of hydrogen-bond donors (Lipinski definition) is 1.